The van der Waals surface area contributed by atoms with Crippen LogP contribution >= 0.6 is 0 Å². The topological polar surface area (TPSA) is 119 Å². The molecule has 0 spiro atoms. The van der Waals surface area contributed by atoms with Gasteiger partial charge in [0.25, 0.3) is 11.6 Å². The van der Waals surface area contributed by atoms with Gasteiger partial charge in [0.05, 0.1) is 4.92 Å². The molecule has 1 fully saturated rings. The average molecular weight is 320 g/mol. The SMILES string of the molecule is Cc1cc(C(=O)N2CCCC2C(=O)NCCN)ccc1[N+](=O)[O-]. The first-order valence-corrected chi connectivity index (χ1v) is 7.49. The number of carbonyl (C=O) groups excluding carboxylic acids is 2. The molecule has 124 valence electrons. The highest BCUT2D eigenvalue weighted by Gasteiger charge is 2.34. The second-order valence-corrected chi connectivity index (χ2v) is 5.49. The van der Waals surface area contributed by atoms with Crippen LogP contribution in [0.1, 0.15) is 28.8 Å². The summed E-state index contributed by atoms with van der Waals surface area (Å²) < 4.78 is 0. The number of hydrogen-bond acceptors (Lipinski definition) is 5. The van der Waals surface area contributed by atoms with Crippen molar-refractivity contribution in [1.82, 2.24) is 10.2 Å². The molecular formula is C15H20N4O4. The predicted octanol–water partition coefficient (Wildman–Crippen LogP) is 0.583. The Morgan fingerprint density at radius 3 is 2.83 bits per heavy atom. The number of nitrogens with zero attached hydrogens (tertiary/aromatic N) is 2. The molecule has 1 aliphatic heterocycles. The summed E-state index contributed by atoms with van der Waals surface area (Å²) in [5, 5.41) is 13.5. The molecule has 1 saturated heterocycles. The van der Waals surface area contributed by atoms with E-state index in [1.807, 2.05) is 0 Å². The van der Waals surface area contributed by atoms with Crippen LogP contribution in [0.25, 0.3) is 0 Å². The molecule has 1 aliphatic rings. The van der Waals surface area contributed by atoms with Gasteiger partial charge in [-0.25, -0.2) is 0 Å². The van der Waals surface area contributed by atoms with Gasteiger partial charge in [-0.15, -0.1) is 0 Å². The van der Waals surface area contributed by atoms with E-state index in [1.165, 1.54) is 23.1 Å². The van der Waals surface area contributed by atoms with Gasteiger partial charge >= 0.3 is 0 Å². The highest BCUT2D eigenvalue weighted by atomic mass is 16.6. The van der Waals surface area contributed by atoms with E-state index in [1.54, 1.807) is 6.92 Å². The minimum atomic E-state index is -0.510. The van der Waals surface area contributed by atoms with E-state index >= 15 is 0 Å². The highest BCUT2D eigenvalue weighted by Crippen LogP contribution is 2.23. The quantitative estimate of drug-likeness (QED) is 0.608. The number of nitro groups is 1. The van der Waals surface area contributed by atoms with Crippen molar-refractivity contribution in [3.05, 3.63) is 39.4 Å². The van der Waals surface area contributed by atoms with Gasteiger partial charge in [-0.2, -0.15) is 0 Å². The van der Waals surface area contributed by atoms with E-state index in [0.717, 1.165) is 6.42 Å². The van der Waals surface area contributed by atoms with Crippen LogP contribution in [0, 0.1) is 17.0 Å². The van der Waals surface area contributed by atoms with Crippen LogP contribution in [0.3, 0.4) is 0 Å². The number of nitrogens with one attached hydrogen (secondary N) is 1. The molecule has 0 radical (unpaired) electrons. The zero-order chi connectivity index (χ0) is 17.0. The lowest BCUT2D eigenvalue weighted by molar-refractivity contribution is -0.385. The number of amides is 2. The van der Waals surface area contributed by atoms with E-state index in [0.29, 0.717) is 37.2 Å². The maximum Gasteiger partial charge on any atom is 0.272 e. The third kappa shape index (κ3) is 3.65. The molecule has 2 rings (SSSR count). The molecule has 1 heterocycles. The first-order chi connectivity index (χ1) is 11.0. The lowest BCUT2D eigenvalue weighted by atomic mass is 10.1. The van der Waals surface area contributed by atoms with Crippen molar-refractivity contribution in [3.8, 4) is 0 Å². The zero-order valence-electron chi connectivity index (χ0n) is 12.9. The number of rotatable bonds is 5. The number of carbonyl (C=O) groups is 2. The third-order valence-corrected chi connectivity index (χ3v) is 3.90. The van der Waals surface area contributed by atoms with E-state index in [-0.39, 0.29) is 17.5 Å². The van der Waals surface area contributed by atoms with Crippen LogP contribution in [-0.2, 0) is 4.79 Å². The lowest BCUT2D eigenvalue weighted by Gasteiger charge is -2.24. The standard InChI is InChI=1S/C15H20N4O4/c1-10-9-11(4-5-12(10)19(22)23)15(21)18-8-2-3-13(18)14(20)17-7-6-16/h4-5,9,13H,2-3,6-8,16H2,1H3,(H,17,20). The highest BCUT2D eigenvalue weighted by molar-refractivity contribution is 5.98. The Morgan fingerprint density at radius 2 is 2.22 bits per heavy atom. The van der Waals surface area contributed by atoms with Crippen molar-refractivity contribution < 1.29 is 14.5 Å². The molecule has 0 aromatic heterocycles. The molecule has 2 amide bonds. The number of nitrogens with two attached hydrogens (primary N) is 1. The van der Waals surface area contributed by atoms with Crippen molar-refractivity contribution in [2.75, 3.05) is 19.6 Å². The minimum absolute atomic E-state index is 0.0276. The van der Waals surface area contributed by atoms with Gasteiger partial charge in [-0.3, -0.25) is 19.7 Å². The molecule has 0 bridgehead atoms. The summed E-state index contributed by atoms with van der Waals surface area (Å²) in [4.78, 5) is 36.6. The molecule has 1 atom stereocenters. The molecule has 8 heteroatoms. The summed E-state index contributed by atoms with van der Waals surface area (Å²) in [5.74, 6) is -0.492. The minimum Gasteiger partial charge on any atom is -0.353 e. The van der Waals surface area contributed by atoms with Gasteiger partial charge < -0.3 is 16.0 Å². The summed E-state index contributed by atoms with van der Waals surface area (Å²) in [6, 6.07) is 3.74. The molecule has 8 nitrogen and oxygen atoms in total. The number of benzene rings is 1. The molecule has 1 aromatic rings. The van der Waals surface area contributed by atoms with Crippen LogP contribution in [0.4, 0.5) is 5.69 Å². The predicted molar refractivity (Wildman–Crippen MR) is 84.0 cm³/mol. The molecule has 1 aromatic carbocycles. The van der Waals surface area contributed by atoms with Crippen LogP contribution in [0.5, 0.6) is 0 Å². The van der Waals surface area contributed by atoms with Crippen molar-refractivity contribution in [2.45, 2.75) is 25.8 Å². The second kappa shape index (κ2) is 7.19. The Morgan fingerprint density at radius 1 is 1.48 bits per heavy atom. The largest absolute Gasteiger partial charge is 0.353 e. The Hall–Kier alpha value is -2.48. The van der Waals surface area contributed by atoms with Crippen molar-refractivity contribution in [3.63, 3.8) is 0 Å². The Balaban J connectivity index is 2.17. The summed E-state index contributed by atoms with van der Waals surface area (Å²) in [7, 11) is 0. The van der Waals surface area contributed by atoms with Crippen molar-refractivity contribution >= 4 is 17.5 Å². The van der Waals surface area contributed by atoms with Crippen LogP contribution < -0.4 is 11.1 Å². The van der Waals surface area contributed by atoms with Crippen LogP contribution in [-0.4, -0.2) is 47.3 Å². The fourth-order valence-electron chi connectivity index (χ4n) is 2.75. The summed E-state index contributed by atoms with van der Waals surface area (Å²) in [5.41, 5.74) is 6.11. The Bertz CT molecular complexity index is 632. The van der Waals surface area contributed by atoms with Gasteiger partial charge in [0.1, 0.15) is 6.04 Å². The van der Waals surface area contributed by atoms with Gasteiger partial charge in [-0.05, 0) is 31.9 Å². The number of aryl methyl sites for hydroxylation is 1. The lowest BCUT2D eigenvalue weighted by Crippen LogP contribution is -2.46. The van der Waals surface area contributed by atoms with E-state index in [4.69, 9.17) is 5.73 Å². The number of likely N-dealkylation sites (tertiary alicyclic amines) is 1. The van der Waals surface area contributed by atoms with E-state index in [2.05, 4.69) is 5.32 Å². The zero-order valence-corrected chi connectivity index (χ0v) is 12.9. The van der Waals surface area contributed by atoms with Crippen LogP contribution in [0.15, 0.2) is 18.2 Å². The van der Waals surface area contributed by atoms with Crippen LogP contribution in [0.2, 0.25) is 0 Å². The smallest absolute Gasteiger partial charge is 0.272 e. The van der Waals surface area contributed by atoms with E-state index in [9.17, 15) is 19.7 Å². The molecule has 0 saturated carbocycles. The first-order valence-electron chi connectivity index (χ1n) is 7.49. The summed E-state index contributed by atoms with van der Waals surface area (Å²) in [6.07, 6.45) is 1.35. The maximum absolute atomic E-state index is 12.6. The molecule has 3 N–H and O–H groups in total. The Labute approximate surface area is 133 Å². The first kappa shape index (κ1) is 16.9. The second-order valence-electron chi connectivity index (χ2n) is 5.49. The van der Waals surface area contributed by atoms with Gasteiger partial charge in [0.2, 0.25) is 5.91 Å². The maximum atomic E-state index is 12.6. The van der Waals surface area contributed by atoms with Crippen molar-refractivity contribution in [2.24, 2.45) is 5.73 Å². The summed E-state index contributed by atoms with van der Waals surface area (Å²) >= 11 is 0. The normalized spacial score (nSPS) is 17.1. The average Bonchev–Trinajstić information content (AvgIpc) is 3.00. The fourth-order valence-corrected chi connectivity index (χ4v) is 2.75. The molecular weight excluding hydrogens is 300 g/mol. The number of nitro benzene ring substituents is 1. The molecule has 23 heavy (non-hydrogen) atoms. The van der Waals surface area contributed by atoms with Gasteiger partial charge in [0, 0.05) is 36.8 Å². The van der Waals surface area contributed by atoms with Crippen molar-refractivity contribution in [1.29, 1.82) is 0 Å². The van der Waals surface area contributed by atoms with Gasteiger partial charge in [-0.1, -0.05) is 0 Å². The van der Waals surface area contributed by atoms with Gasteiger partial charge in [0.15, 0.2) is 0 Å². The fraction of sp³-hybridized carbons (Fsp3) is 0.467. The molecule has 1 unspecified atom stereocenters. The summed E-state index contributed by atoms with van der Waals surface area (Å²) in [6.45, 7) is 2.79. The Kier molecular flexibility index (Phi) is 5.28. The monoisotopic (exact) mass is 320 g/mol. The number of hydrogen-bond donors (Lipinski definition) is 2. The third-order valence-electron chi connectivity index (χ3n) is 3.90. The molecule has 0 aliphatic carbocycles. The van der Waals surface area contributed by atoms with E-state index < -0.39 is 11.0 Å².